The molecule has 2 aliphatic heterocycles. The monoisotopic (exact) mass is 444 g/mol. The third kappa shape index (κ3) is 3.41. The van der Waals surface area contributed by atoms with Crippen LogP contribution in [-0.2, 0) is 14.4 Å². The van der Waals surface area contributed by atoms with Crippen molar-refractivity contribution in [3.8, 4) is 11.5 Å². The van der Waals surface area contributed by atoms with Gasteiger partial charge in [0, 0.05) is 0 Å². The van der Waals surface area contributed by atoms with Gasteiger partial charge in [-0.1, -0.05) is 42.5 Å². The normalized spacial score (nSPS) is 22.1. The maximum absolute atomic E-state index is 13.7. The molecule has 1 N–H and O–H groups in total. The van der Waals surface area contributed by atoms with E-state index < -0.39 is 18.1 Å². The summed E-state index contributed by atoms with van der Waals surface area (Å²) in [4.78, 5) is 34.5. The molecule has 2 aliphatic rings. The fraction of sp³-hybridized carbons (Fsp3) is 0.231. The summed E-state index contributed by atoms with van der Waals surface area (Å²) in [6, 6.07) is 21.1. The van der Waals surface area contributed by atoms with Crippen molar-refractivity contribution in [2.24, 2.45) is 5.92 Å². The van der Waals surface area contributed by atoms with E-state index in [1.54, 1.807) is 29.3 Å². The van der Waals surface area contributed by atoms with Gasteiger partial charge in [0.2, 0.25) is 5.91 Å². The number of rotatable bonds is 5. The summed E-state index contributed by atoms with van der Waals surface area (Å²) in [7, 11) is 0. The first kappa shape index (κ1) is 21.0. The molecule has 0 bridgehead atoms. The summed E-state index contributed by atoms with van der Waals surface area (Å²) in [6.07, 6.45) is -0.952. The van der Waals surface area contributed by atoms with Crippen LogP contribution in [0.5, 0.6) is 11.5 Å². The Kier molecular flexibility index (Phi) is 5.26. The van der Waals surface area contributed by atoms with E-state index in [0.29, 0.717) is 23.6 Å². The molecule has 0 spiro atoms. The number of fused-ring (bicyclic) bond motifs is 1. The zero-order chi connectivity index (χ0) is 23.1. The molecule has 7 heteroatoms. The Morgan fingerprint density at radius 2 is 1.70 bits per heavy atom. The van der Waals surface area contributed by atoms with Crippen LogP contribution < -0.4 is 14.7 Å². The van der Waals surface area contributed by atoms with Gasteiger partial charge in [0.15, 0.2) is 17.6 Å². The van der Waals surface area contributed by atoms with Gasteiger partial charge in [-0.25, -0.2) is 9.96 Å². The fourth-order valence-electron chi connectivity index (χ4n) is 4.59. The molecule has 5 rings (SSSR count). The minimum absolute atomic E-state index is 0.0117. The van der Waals surface area contributed by atoms with Crippen molar-refractivity contribution in [3.05, 3.63) is 83.9 Å². The summed E-state index contributed by atoms with van der Waals surface area (Å²) < 4.78 is 5.57. The Labute approximate surface area is 191 Å². The van der Waals surface area contributed by atoms with E-state index in [1.807, 2.05) is 56.3 Å². The molecule has 168 valence electrons. The summed E-state index contributed by atoms with van der Waals surface area (Å²) in [5, 5.41) is 11.8. The lowest BCUT2D eigenvalue weighted by Crippen LogP contribution is -2.37. The predicted octanol–water partition coefficient (Wildman–Crippen LogP) is 4.15. The number of hydrogen-bond donors (Lipinski definition) is 1. The average molecular weight is 444 g/mol. The van der Waals surface area contributed by atoms with E-state index in [1.165, 1.54) is 11.0 Å². The van der Waals surface area contributed by atoms with E-state index in [9.17, 15) is 14.7 Å². The zero-order valence-corrected chi connectivity index (χ0v) is 18.3. The highest BCUT2D eigenvalue weighted by Gasteiger charge is 2.60. The van der Waals surface area contributed by atoms with Crippen LogP contribution in [0.1, 0.15) is 24.1 Å². The Balaban J connectivity index is 1.61. The number of imide groups is 1. The standard InChI is InChI=1S/C26H24N2O5/c1-3-32-21-15-17(13-14-20(21)29)23-22-24(33-28(23)18-10-5-4-6-11-18)26(31)27(25(22)30)19-12-8-7-9-16(19)2/h4-15,22-24,29H,3H2,1-2H3/t22-,23+,24-/m1/s1. The third-order valence-corrected chi connectivity index (χ3v) is 6.11. The van der Waals surface area contributed by atoms with Gasteiger partial charge in [-0.05, 0) is 55.3 Å². The highest BCUT2D eigenvalue weighted by Crippen LogP contribution is 2.48. The number of hydrogen-bond acceptors (Lipinski definition) is 6. The number of aryl methyl sites for hydroxylation is 1. The first-order valence-corrected chi connectivity index (χ1v) is 10.9. The quantitative estimate of drug-likeness (QED) is 0.596. The zero-order valence-electron chi connectivity index (χ0n) is 18.3. The van der Waals surface area contributed by atoms with Crippen LogP contribution in [0.15, 0.2) is 72.8 Å². The van der Waals surface area contributed by atoms with Crippen LogP contribution in [0.3, 0.4) is 0 Å². The van der Waals surface area contributed by atoms with Crippen molar-refractivity contribution in [1.29, 1.82) is 0 Å². The number of hydroxylamine groups is 1. The van der Waals surface area contributed by atoms with Gasteiger partial charge >= 0.3 is 0 Å². The molecule has 3 atom stereocenters. The van der Waals surface area contributed by atoms with Crippen molar-refractivity contribution in [2.75, 3.05) is 16.6 Å². The second kappa shape index (κ2) is 8.26. The topological polar surface area (TPSA) is 79.3 Å². The molecular weight excluding hydrogens is 420 g/mol. The number of amides is 2. The molecule has 0 aliphatic carbocycles. The smallest absolute Gasteiger partial charge is 0.266 e. The lowest BCUT2D eigenvalue weighted by atomic mass is 9.90. The molecule has 33 heavy (non-hydrogen) atoms. The van der Waals surface area contributed by atoms with Gasteiger partial charge < -0.3 is 9.84 Å². The van der Waals surface area contributed by atoms with Crippen molar-refractivity contribution >= 4 is 23.2 Å². The first-order valence-electron chi connectivity index (χ1n) is 10.9. The molecule has 0 aromatic heterocycles. The van der Waals surface area contributed by atoms with Crippen LogP contribution in [0.4, 0.5) is 11.4 Å². The number of phenolic OH excluding ortho intramolecular Hbond substituents is 1. The van der Waals surface area contributed by atoms with Gasteiger partial charge in [0.05, 0.1) is 24.0 Å². The number of benzene rings is 3. The first-order chi connectivity index (χ1) is 16.0. The van der Waals surface area contributed by atoms with Crippen LogP contribution in [-0.4, -0.2) is 29.6 Å². The fourth-order valence-corrected chi connectivity index (χ4v) is 4.59. The van der Waals surface area contributed by atoms with E-state index in [-0.39, 0.29) is 17.6 Å². The molecule has 3 aromatic carbocycles. The second-order valence-electron chi connectivity index (χ2n) is 8.12. The number of nitrogens with zero attached hydrogens (tertiary/aromatic N) is 2. The van der Waals surface area contributed by atoms with Crippen LogP contribution in [0, 0.1) is 12.8 Å². The maximum atomic E-state index is 13.7. The molecule has 2 fully saturated rings. The van der Waals surface area contributed by atoms with Crippen LogP contribution >= 0.6 is 0 Å². The molecule has 2 saturated heterocycles. The van der Waals surface area contributed by atoms with Crippen molar-refractivity contribution < 1.29 is 24.3 Å². The molecule has 0 saturated carbocycles. The summed E-state index contributed by atoms with van der Waals surface area (Å²) >= 11 is 0. The van der Waals surface area contributed by atoms with Crippen LogP contribution in [0.2, 0.25) is 0 Å². The lowest BCUT2D eigenvalue weighted by molar-refractivity contribution is -0.126. The average Bonchev–Trinajstić information content (AvgIpc) is 3.33. The summed E-state index contributed by atoms with van der Waals surface area (Å²) in [6.45, 7) is 4.08. The second-order valence-corrected chi connectivity index (χ2v) is 8.12. The Hall–Kier alpha value is -3.84. The number of carbonyl (C=O) groups is 2. The molecule has 0 unspecified atom stereocenters. The summed E-state index contributed by atoms with van der Waals surface area (Å²) in [5.41, 5.74) is 2.83. The van der Waals surface area contributed by atoms with Crippen molar-refractivity contribution in [1.82, 2.24) is 0 Å². The highest BCUT2D eigenvalue weighted by atomic mass is 16.7. The number of para-hydroxylation sites is 2. The van der Waals surface area contributed by atoms with E-state index in [0.717, 1.165) is 11.3 Å². The minimum atomic E-state index is -0.952. The van der Waals surface area contributed by atoms with E-state index in [2.05, 4.69) is 0 Å². The predicted molar refractivity (Wildman–Crippen MR) is 123 cm³/mol. The Morgan fingerprint density at radius 3 is 2.42 bits per heavy atom. The number of anilines is 2. The minimum Gasteiger partial charge on any atom is -0.504 e. The van der Waals surface area contributed by atoms with Gasteiger partial charge in [-0.15, -0.1) is 0 Å². The molecule has 7 nitrogen and oxygen atoms in total. The van der Waals surface area contributed by atoms with Gasteiger partial charge in [0.25, 0.3) is 5.91 Å². The van der Waals surface area contributed by atoms with Crippen molar-refractivity contribution in [3.63, 3.8) is 0 Å². The Morgan fingerprint density at radius 1 is 0.970 bits per heavy atom. The number of ether oxygens (including phenoxy) is 1. The van der Waals surface area contributed by atoms with E-state index in [4.69, 9.17) is 9.57 Å². The number of carbonyl (C=O) groups excluding carboxylic acids is 2. The highest BCUT2D eigenvalue weighted by molar-refractivity contribution is 6.24. The van der Waals surface area contributed by atoms with E-state index >= 15 is 0 Å². The molecular formula is C26H24N2O5. The molecule has 3 aromatic rings. The van der Waals surface area contributed by atoms with Crippen molar-refractivity contribution in [2.45, 2.75) is 26.0 Å². The third-order valence-electron chi connectivity index (χ3n) is 6.11. The summed E-state index contributed by atoms with van der Waals surface area (Å²) in [5.74, 6) is -1.12. The largest absolute Gasteiger partial charge is 0.504 e. The van der Waals surface area contributed by atoms with Gasteiger partial charge in [0.1, 0.15) is 5.92 Å². The maximum Gasteiger partial charge on any atom is 0.266 e. The molecule has 2 heterocycles. The SMILES string of the molecule is CCOc1cc([C@H]2[C@H]3C(=O)N(c4ccccc4C)C(=O)[C@@H]3ON2c2ccccc2)ccc1O. The van der Waals surface area contributed by atoms with Gasteiger partial charge in [-0.3, -0.25) is 14.4 Å². The Bertz CT molecular complexity index is 1210. The number of aromatic hydroxyl groups is 1. The molecule has 0 radical (unpaired) electrons. The number of phenols is 1. The lowest BCUT2D eigenvalue weighted by Gasteiger charge is -2.29. The van der Waals surface area contributed by atoms with Gasteiger partial charge in [-0.2, -0.15) is 0 Å². The molecule has 2 amide bonds. The van der Waals surface area contributed by atoms with Crippen LogP contribution in [0.25, 0.3) is 0 Å².